The van der Waals surface area contributed by atoms with Gasteiger partial charge in [-0.15, -0.1) is 0 Å². The topological polar surface area (TPSA) is 83.4 Å². The van der Waals surface area contributed by atoms with E-state index in [2.05, 4.69) is 69.5 Å². The number of fused-ring (bicyclic) bond motifs is 2. The van der Waals surface area contributed by atoms with Crippen LogP contribution < -0.4 is 5.73 Å². The first kappa shape index (κ1) is 23.3. The average molecular weight is 466 g/mol. The van der Waals surface area contributed by atoms with E-state index in [-0.39, 0.29) is 0 Å². The van der Waals surface area contributed by atoms with E-state index in [4.69, 9.17) is 10.7 Å². The Kier molecular flexibility index (Phi) is 6.96. The Labute approximate surface area is 207 Å². The van der Waals surface area contributed by atoms with Crippen molar-refractivity contribution < 1.29 is 0 Å². The van der Waals surface area contributed by atoms with Crippen LogP contribution in [0.25, 0.3) is 44.2 Å². The highest BCUT2D eigenvalue weighted by Gasteiger charge is 2.22. The summed E-state index contributed by atoms with van der Waals surface area (Å²) >= 11 is 0. The number of nitrogens with one attached hydrogen (secondary N) is 2. The number of nitrogens with two attached hydrogens (primary N) is 1. The molecule has 1 aliphatic carbocycles. The molecule has 5 aromatic rings. The first-order valence-electron chi connectivity index (χ1n) is 13.0. The van der Waals surface area contributed by atoms with E-state index >= 15 is 0 Å². The van der Waals surface area contributed by atoms with Gasteiger partial charge in [-0.25, -0.2) is 9.97 Å². The number of aromatic nitrogens is 4. The Morgan fingerprint density at radius 1 is 0.857 bits per heavy atom. The van der Waals surface area contributed by atoms with E-state index in [1.807, 2.05) is 20.0 Å². The summed E-state index contributed by atoms with van der Waals surface area (Å²) in [7, 11) is 0. The fraction of sp³-hybridized carbons (Fsp3) is 0.333. The van der Waals surface area contributed by atoms with Crippen LogP contribution in [0.3, 0.4) is 0 Å². The van der Waals surface area contributed by atoms with Gasteiger partial charge in [-0.1, -0.05) is 50.6 Å². The predicted molar refractivity (Wildman–Crippen MR) is 147 cm³/mol. The van der Waals surface area contributed by atoms with Crippen molar-refractivity contribution >= 4 is 21.8 Å². The van der Waals surface area contributed by atoms with Crippen molar-refractivity contribution in [2.24, 2.45) is 5.73 Å². The van der Waals surface area contributed by atoms with Crippen molar-refractivity contribution in [3.63, 3.8) is 0 Å². The molecule has 2 aromatic heterocycles. The Balaban J connectivity index is 0.00000124. The van der Waals surface area contributed by atoms with Crippen LogP contribution in [-0.2, 0) is 6.42 Å². The van der Waals surface area contributed by atoms with Crippen molar-refractivity contribution in [3.05, 3.63) is 72.4 Å². The van der Waals surface area contributed by atoms with Crippen molar-refractivity contribution in [2.45, 2.75) is 58.3 Å². The molecule has 5 nitrogen and oxygen atoms in total. The molecule has 6 rings (SSSR count). The molecule has 0 saturated heterocycles. The van der Waals surface area contributed by atoms with E-state index in [1.165, 1.54) is 46.7 Å². The van der Waals surface area contributed by atoms with Gasteiger partial charge in [0.25, 0.3) is 0 Å². The highest BCUT2D eigenvalue weighted by Crippen LogP contribution is 2.36. The molecule has 0 radical (unpaired) electrons. The molecule has 1 aliphatic rings. The SMILES string of the molecule is CC.NCCCCc1nc2ccc(-c3ccc4cc(-c5cnc(C6CCC6)[nH]5)ccc4c3)cc2[nH]1. The summed E-state index contributed by atoms with van der Waals surface area (Å²) in [5.41, 5.74) is 12.4. The molecule has 0 bridgehead atoms. The van der Waals surface area contributed by atoms with Gasteiger partial charge < -0.3 is 15.7 Å². The van der Waals surface area contributed by atoms with Crippen molar-refractivity contribution in [2.75, 3.05) is 6.54 Å². The normalized spacial score (nSPS) is 13.6. The molecule has 1 saturated carbocycles. The lowest BCUT2D eigenvalue weighted by atomic mass is 9.85. The second-order valence-corrected chi connectivity index (χ2v) is 9.25. The third kappa shape index (κ3) is 4.87. The van der Waals surface area contributed by atoms with Crippen molar-refractivity contribution in [1.29, 1.82) is 0 Å². The summed E-state index contributed by atoms with van der Waals surface area (Å²) in [5, 5.41) is 2.48. The minimum atomic E-state index is 0.621. The van der Waals surface area contributed by atoms with Crippen LogP contribution in [0.4, 0.5) is 0 Å². The maximum atomic E-state index is 5.61. The number of aromatic amines is 2. The van der Waals surface area contributed by atoms with Crippen molar-refractivity contribution in [3.8, 4) is 22.4 Å². The van der Waals surface area contributed by atoms with Gasteiger partial charge in [0, 0.05) is 17.9 Å². The monoisotopic (exact) mass is 465 g/mol. The summed E-state index contributed by atoms with van der Waals surface area (Å²) in [6, 6.07) is 19.8. The summed E-state index contributed by atoms with van der Waals surface area (Å²) in [6.07, 6.45) is 8.85. The molecular weight excluding hydrogens is 430 g/mol. The molecule has 180 valence electrons. The van der Waals surface area contributed by atoms with Crippen LogP contribution in [0.1, 0.15) is 63.5 Å². The molecule has 0 aliphatic heterocycles. The van der Waals surface area contributed by atoms with E-state index in [1.54, 1.807) is 0 Å². The number of benzene rings is 3. The summed E-state index contributed by atoms with van der Waals surface area (Å²) < 4.78 is 0. The number of aryl methyl sites for hydroxylation is 1. The predicted octanol–water partition coefficient (Wildman–Crippen LogP) is 7.35. The zero-order valence-electron chi connectivity index (χ0n) is 20.8. The Hall–Kier alpha value is -3.44. The number of nitrogens with zero attached hydrogens (tertiary/aromatic N) is 2. The highest BCUT2D eigenvalue weighted by molar-refractivity contribution is 5.91. The fourth-order valence-electron chi connectivity index (χ4n) is 4.76. The maximum absolute atomic E-state index is 5.61. The molecule has 4 N–H and O–H groups in total. The third-order valence-electron chi connectivity index (χ3n) is 6.97. The molecule has 3 aromatic carbocycles. The van der Waals surface area contributed by atoms with Gasteiger partial charge in [-0.2, -0.15) is 0 Å². The number of unbranched alkanes of at least 4 members (excludes halogenated alkanes) is 1. The van der Waals surface area contributed by atoms with Crippen LogP contribution in [0.5, 0.6) is 0 Å². The second-order valence-electron chi connectivity index (χ2n) is 9.25. The Morgan fingerprint density at radius 3 is 2.31 bits per heavy atom. The van der Waals surface area contributed by atoms with Gasteiger partial charge >= 0.3 is 0 Å². The number of H-pyrrole nitrogens is 2. The Bertz CT molecular complexity index is 1420. The minimum absolute atomic E-state index is 0.621. The highest BCUT2D eigenvalue weighted by atomic mass is 14.9. The van der Waals surface area contributed by atoms with Gasteiger partial charge in [0.05, 0.1) is 22.9 Å². The fourth-order valence-corrected chi connectivity index (χ4v) is 4.76. The van der Waals surface area contributed by atoms with Crippen molar-refractivity contribution in [1.82, 2.24) is 19.9 Å². The largest absolute Gasteiger partial charge is 0.342 e. The molecule has 0 unspecified atom stereocenters. The molecule has 0 spiro atoms. The smallest absolute Gasteiger partial charge is 0.109 e. The first-order valence-corrected chi connectivity index (χ1v) is 13.0. The van der Waals surface area contributed by atoms with Gasteiger partial charge in [0.1, 0.15) is 11.6 Å². The molecule has 1 fully saturated rings. The standard InChI is InChI=1S/C28H29N5.C2H6/c29-13-2-1-6-27-31-24-12-11-22(16-25(24)32-27)20-7-8-21-15-23(10-9-19(21)14-20)26-17-30-28(33-26)18-4-3-5-18;1-2/h7-12,14-18H,1-6,13,29H2,(H,30,33)(H,31,32);1-2H3. The summed E-state index contributed by atoms with van der Waals surface area (Å²) in [5.74, 6) is 2.81. The zero-order valence-corrected chi connectivity index (χ0v) is 20.8. The number of hydrogen-bond acceptors (Lipinski definition) is 3. The van der Waals surface area contributed by atoms with Gasteiger partial charge in [0.15, 0.2) is 0 Å². The van der Waals surface area contributed by atoms with E-state index in [0.29, 0.717) is 5.92 Å². The quantitative estimate of drug-likeness (QED) is 0.220. The molecular formula is C30H35N5. The third-order valence-corrected chi connectivity index (χ3v) is 6.97. The number of hydrogen-bond donors (Lipinski definition) is 3. The number of imidazole rings is 2. The molecule has 5 heteroatoms. The van der Waals surface area contributed by atoms with Crippen LogP contribution in [0.15, 0.2) is 60.8 Å². The van der Waals surface area contributed by atoms with E-state index in [0.717, 1.165) is 54.2 Å². The second kappa shape index (κ2) is 10.4. The number of rotatable bonds is 7. The maximum Gasteiger partial charge on any atom is 0.109 e. The van der Waals surface area contributed by atoms with Crippen LogP contribution in [-0.4, -0.2) is 26.5 Å². The lowest BCUT2D eigenvalue weighted by Crippen LogP contribution is -2.10. The molecule has 0 amide bonds. The zero-order chi connectivity index (χ0) is 24.2. The molecule has 35 heavy (non-hydrogen) atoms. The lowest BCUT2D eigenvalue weighted by Gasteiger charge is -2.22. The summed E-state index contributed by atoms with van der Waals surface area (Å²) in [4.78, 5) is 16.4. The van der Waals surface area contributed by atoms with Gasteiger partial charge in [0.2, 0.25) is 0 Å². The summed E-state index contributed by atoms with van der Waals surface area (Å²) in [6.45, 7) is 4.73. The van der Waals surface area contributed by atoms with Crippen LogP contribution in [0, 0.1) is 0 Å². The lowest BCUT2D eigenvalue weighted by molar-refractivity contribution is 0.404. The van der Waals surface area contributed by atoms with Crippen LogP contribution in [0.2, 0.25) is 0 Å². The van der Waals surface area contributed by atoms with E-state index in [9.17, 15) is 0 Å². The van der Waals surface area contributed by atoms with Gasteiger partial charge in [-0.05, 0) is 78.4 Å². The van der Waals surface area contributed by atoms with Gasteiger partial charge in [-0.3, -0.25) is 0 Å². The molecule has 2 heterocycles. The van der Waals surface area contributed by atoms with E-state index < -0.39 is 0 Å². The molecule has 0 atom stereocenters. The minimum Gasteiger partial charge on any atom is -0.342 e. The average Bonchev–Trinajstić information content (AvgIpc) is 3.50. The van der Waals surface area contributed by atoms with Crippen LogP contribution >= 0.6 is 0 Å². The Morgan fingerprint density at radius 2 is 1.57 bits per heavy atom. The first-order chi connectivity index (χ1) is 17.3.